The Kier molecular flexibility index (Phi) is 3.53. The van der Waals surface area contributed by atoms with Crippen LogP contribution in [0, 0.1) is 0 Å². The molecule has 0 radical (unpaired) electrons. The molecule has 4 aromatic rings. The van der Waals surface area contributed by atoms with Crippen molar-refractivity contribution in [2.45, 2.75) is 10.4 Å². The third kappa shape index (κ3) is 2.81. The molecule has 0 saturated heterocycles. The topological polar surface area (TPSA) is 95.4 Å². The average Bonchev–Trinajstić information content (AvgIpc) is 3.26. The Morgan fingerprint density at radius 2 is 1.87 bits per heavy atom. The average molecular weight is 323 g/mol. The molecule has 3 heterocycles. The van der Waals surface area contributed by atoms with Gasteiger partial charge < -0.3 is 4.42 Å². The van der Waals surface area contributed by atoms with Crippen LogP contribution in [0.3, 0.4) is 0 Å². The molecule has 9 heteroatoms. The lowest BCUT2D eigenvalue weighted by atomic mass is 10.3. The van der Waals surface area contributed by atoms with Crippen LogP contribution in [0.4, 0.5) is 0 Å². The lowest BCUT2D eigenvalue weighted by Gasteiger charge is -2.01. The van der Waals surface area contributed by atoms with Crippen molar-refractivity contribution in [2.75, 3.05) is 0 Å². The molecule has 0 fully saturated rings. The predicted octanol–water partition coefficient (Wildman–Crippen LogP) is 2.26. The monoisotopic (exact) mass is 323 g/mol. The van der Waals surface area contributed by atoms with Crippen LogP contribution in [0.25, 0.3) is 17.1 Å². The Morgan fingerprint density at radius 1 is 0.957 bits per heavy atom. The predicted molar refractivity (Wildman–Crippen MR) is 80.8 cm³/mol. The van der Waals surface area contributed by atoms with E-state index in [-0.39, 0.29) is 0 Å². The molecule has 0 aliphatic rings. The van der Waals surface area contributed by atoms with Gasteiger partial charge in [0.15, 0.2) is 0 Å². The molecule has 0 saturated carbocycles. The molecule has 0 spiro atoms. The highest BCUT2D eigenvalue weighted by Crippen LogP contribution is 2.28. The van der Waals surface area contributed by atoms with E-state index in [1.54, 1.807) is 17.1 Å². The van der Waals surface area contributed by atoms with Gasteiger partial charge in [0, 0.05) is 24.2 Å². The van der Waals surface area contributed by atoms with Crippen LogP contribution in [-0.4, -0.2) is 35.4 Å². The van der Waals surface area contributed by atoms with E-state index in [1.165, 1.54) is 11.8 Å². The molecule has 112 valence electrons. The van der Waals surface area contributed by atoms with Gasteiger partial charge in [0.2, 0.25) is 11.0 Å². The smallest absolute Gasteiger partial charge is 0.284 e. The van der Waals surface area contributed by atoms with Crippen molar-refractivity contribution < 1.29 is 4.42 Å². The minimum absolute atomic E-state index is 0.357. The molecular formula is C14H9N7OS. The van der Waals surface area contributed by atoms with E-state index in [1.807, 2.05) is 42.5 Å². The minimum Gasteiger partial charge on any atom is -0.411 e. The number of tetrazole rings is 1. The summed E-state index contributed by atoms with van der Waals surface area (Å²) in [6, 6.07) is 13.2. The highest BCUT2D eigenvalue weighted by molar-refractivity contribution is 7.99. The second kappa shape index (κ2) is 5.97. The standard InChI is InChI=1S/C14H9N7OS/c1-2-6-11(7-3-1)21-13(17-19-20-21)23-14-18-16-12(22-14)10-5-4-8-15-9-10/h1-9H. The molecule has 1 aromatic carbocycles. The molecule has 0 unspecified atom stereocenters. The van der Waals surface area contributed by atoms with E-state index in [0.29, 0.717) is 16.3 Å². The number of pyridine rings is 1. The van der Waals surface area contributed by atoms with E-state index < -0.39 is 0 Å². The van der Waals surface area contributed by atoms with Gasteiger partial charge in [0.05, 0.1) is 11.3 Å². The van der Waals surface area contributed by atoms with Crippen molar-refractivity contribution in [1.82, 2.24) is 35.4 Å². The molecule has 0 aliphatic heterocycles. The van der Waals surface area contributed by atoms with Gasteiger partial charge in [-0.05, 0) is 34.7 Å². The van der Waals surface area contributed by atoms with Gasteiger partial charge in [-0.2, -0.15) is 4.68 Å². The first kappa shape index (κ1) is 13.6. The van der Waals surface area contributed by atoms with Gasteiger partial charge in [0.25, 0.3) is 5.22 Å². The van der Waals surface area contributed by atoms with E-state index in [4.69, 9.17) is 4.42 Å². The molecule has 0 N–H and O–H groups in total. The number of rotatable bonds is 4. The Balaban J connectivity index is 1.61. The molecule has 0 amide bonds. The maximum Gasteiger partial charge on any atom is 0.284 e. The second-order valence-corrected chi connectivity index (χ2v) is 5.34. The summed E-state index contributed by atoms with van der Waals surface area (Å²) in [6.07, 6.45) is 3.35. The number of aromatic nitrogens is 7. The number of benzene rings is 1. The maximum absolute atomic E-state index is 5.63. The van der Waals surface area contributed by atoms with Crippen LogP contribution in [0.15, 0.2) is 69.7 Å². The number of nitrogens with zero attached hydrogens (tertiary/aromatic N) is 7. The first-order valence-electron chi connectivity index (χ1n) is 6.66. The van der Waals surface area contributed by atoms with Gasteiger partial charge in [-0.25, -0.2) is 0 Å². The summed E-state index contributed by atoms with van der Waals surface area (Å²) in [5, 5.41) is 20.6. The fourth-order valence-electron chi connectivity index (χ4n) is 1.91. The fraction of sp³-hybridized carbons (Fsp3) is 0. The molecule has 8 nitrogen and oxygen atoms in total. The van der Waals surface area contributed by atoms with Gasteiger partial charge in [-0.15, -0.1) is 15.3 Å². The van der Waals surface area contributed by atoms with Crippen molar-refractivity contribution in [3.05, 3.63) is 54.9 Å². The summed E-state index contributed by atoms with van der Waals surface area (Å²) in [4.78, 5) is 4.03. The lowest BCUT2D eigenvalue weighted by molar-refractivity contribution is 0.464. The molecule has 0 atom stereocenters. The molecule has 0 aliphatic carbocycles. The summed E-state index contributed by atoms with van der Waals surface area (Å²) >= 11 is 1.20. The van der Waals surface area contributed by atoms with E-state index in [2.05, 4.69) is 30.7 Å². The van der Waals surface area contributed by atoms with E-state index in [0.717, 1.165) is 11.3 Å². The normalized spacial score (nSPS) is 10.8. The van der Waals surface area contributed by atoms with Crippen molar-refractivity contribution in [3.8, 4) is 17.1 Å². The largest absolute Gasteiger partial charge is 0.411 e. The van der Waals surface area contributed by atoms with Crippen LogP contribution in [-0.2, 0) is 0 Å². The Morgan fingerprint density at radius 3 is 2.70 bits per heavy atom. The van der Waals surface area contributed by atoms with Gasteiger partial charge in [-0.3, -0.25) is 4.98 Å². The first-order valence-corrected chi connectivity index (χ1v) is 7.47. The van der Waals surface area contributed by atoms with E-state index in [9.17, 15) is 0 Å². The third-order valence-corrected chi connectivity index (χ3v) is 3.71. The zero-order valence-corrected chi connectivity index (χ0v) is 12.5. The summed E-state index contributed by atoms with van der Waals surface area (Å²) in [5.74, 6) is 0.402. The summed E-state index contributed by atoms with van der Waals surface area (Å²) in [7, 11) is 0. The lowest BCUT2D eigenvalue weighted by Crippen LogP contribution is -1.98. The molecule has 4 rings (SSSR count). The van der Waals surface area contributed by atoms with Crippen LogP contribution in [0.1, 0.15) is 0 Å². The molecule has 0 bridgehead atoms. The van der Waals surface area contributed by atoms with Gasteiger partial charge in [0.1, 0.15) is 0 Å². The Hall–Kier alpha value is -3.07. The molecule has 23 heavy (non-hydrogen) atoms. The Labute approximate surface area is 134 Å². The number of hydrogen-bond acceptors (Lipinski definition) is 8. The highest BCUT2D eigenvalue weighted by Gasteiger charge is 2.15. The minimum atomic E-state index is 0.357. The number of hydrogen-bond donors (Lipinski definition) is 0. The quantitative estimate of drug-likeness (QED) is 0.564. The zero-order valence-electron chi connectivity index (χ0n) is 11.6. The zero-order chi connectivity index (χ0) is 15.5. The Bertz CT molecular complexity index is 907. The molecule has 3 aromatic heterocycles. The van der Waals surface area contributed by atoms with Crippen LogP contribution in [0.2, 0.25) is 0 Å². The molecular weight excluding hydrogens is 314 g/mol. The van der Waals surface area contributed by atoms with Crippen molar-refractivity contribution in [2.24, 2.45) is 0 Å². The number of para-hydroxylation sites is 1. The van der Waals surface area contributed by atoms with Crippen LogP contribution < -0.4 is 0 Å². The summed E-state index contributed by atoms with van der Waals surface area (Å²) in [5.41, 5.74) is 1.61. The fourth-order valence-corrected chi connectivity index (χ4v) is 2.57. The highest BCUT2D eigenvalue weighted by atomic mass is 32.2. The van der Waals surface area contributed by atoms with E-state index >= 15 is 0 Å². The third-order valence-electron chi connectivity index (χ3n) is 2.94. The summed E-state index contributed by atoms with van der Waals surface area (Å²) < 4.78 is 7.24. The maximum atomic E-state index is 5.63. The van der Waals surface area contributed by atoms with Crippen LogP contribution >= 0.6 is 11.8 Å². The van der Waals surface area contributed by atoms with Crippen LogP contribution in [0.5, 0.6) is 0 Å². The van der Waals surface area contributed by atoms with Crippen molar-refractivity contribution >= 4 is 11.8 Å². The first-order chi connectivity index (χ1) is 11.4. The van der Waals surface area contributed by atoms with Gasteiger partial charge >= 0.3 is 0 Å². The van der Waals surface area contributed by atoms with Crippen molar-refractivity contribution in [3.63, 3.8) is 0 Å². The van der Waals surface area contributed by atoms with Gasteiger partial charge in [-0.1, -0.05) is 18.2 Å². The SMILES string of the molecule is c1ccc(-n2nnnc2Sc2nnc(-c3cccnc3)o2)cc1. The second-order valence-electron chi connectivity index (χ2n) is 4.43. The van der Waals surface area contributed by atoms with Crippen molar-refractivity contribution in [1.29, 1.82) is 0 Å². The summed E-state index contributed by atoms with van der Waals surface area (Å²) in [6.45, 7) is 0.